The van der Waals surface area contributed by atoms with Gasteiger partial charge < -0.3 is 20.7 Å². The average Bonchev–Trinajstić information content (AvgIpc) is 2.90. The summed E-state index contributed by atoms with van der Waals surface area (Å²) in [5.74, 6) is -0.0656. The quantitative estimate of drug-likeness (QED) is 0.667. The molecular formula is C11H21N3O2. The zero-order valence-corrected chi connectivity index (χ0v) is 9.71. The summed E-state index contributed by atoms with van der Waals surface area (Å²) in [5, 5.41) is 2.91. The van der Waals surface area contributed by atoms with Gasteiger partial charge in [0.25, 0.3) is 0 Å². The lowest BCUT2D eigenvalue weighted by atomic mass is 9.99. The lowest BCUT2D eigenvalue weighted by molar-refractivity contribution is -0.126. The van der Waals surface area contributed by atoms with Crippen molar-refractivity contribution in [2.24, 2.45) is 5.73 Å². The molecule has 16 heavy (non-hydrogen) atoms. The van der Waals surface area contributed by atoms with E-state index >= 15 is 0 Å². The van der Waals surface area contributed by atoms with Crippen molar-refractivity contribution in [3.05, 3.63) is 0 Å². The van der Waals surface area contributed by atoms with E-state index in [2.05, 4.69) is 10.2 Å². The van der Waals surface area contributed by atoms with E-state index in [-0.39, 0.29) is 5.91 Å². The Morgan fingerprint density at radius 1 is 1.44 bits per heavy atom. The summed E-state index contributed by atoms with van der Waals surface area (Å²) < 4.78 is 5.16. The van der Waals surface area contributed by atoms with Crippen LogP contribution in [0.5, 0.6) is 0 Å². The first-order valence-corrected chi connectivity index (χ1v) is 6.08. The summed E-state index contributed by atoms with van der Waals surface area (Å²) in [6.45, 7) is 4.89. The Morgan fingerprint density at radius 2 is 2.19 bits per heavy atom. The smallest absolute Gasteiger partial charge is 0.242 e. The summed E-state index contributed by atoms with van der Waals surface area (Å²) >= 11 is 0. The van der Waals surface area contributed by atoms with Crippen molar-refractivity contribution in [2.75, 3.05) is 39.4 Å². The van der Waals surface area contributed by atoms with Crippen LogP contribution in [0.25, 0.3) is 0 Å². The molecule has 5 heteroatoms. The van der Waals surface area contributed by atoms with Crippen molar-refractivity contribution in [2.45, 2.75) is 24.8 Å². The lowest BCUT2D eigenvalue weighted by Gasteiger charge is -2.22. The number of likely N-dealkylation sites (tertiary alicyclic amines) is 1. The maximum absolute atomic E-state index is 11.8. The number of nitrogens with zero attached hydrogens (tertiary/aromatic N) is 1. The fourth-order valence-electron chi connectivity index (χ4n) is 2.27. The van der Waals surface area contributed by atoms with Crippen LogP contribution in [0.3, 0.4) is 0 Å². The number of carbonyl (C=O) groups excluding carboxylic acids is 1. The van der Waals surface area contributed by atoms with E-state index in [4.69, 9.17) is 10.5 Å². The molecule has 5 nitrogen and oxygen atoms in total. The predicted molar refractivity (Wildman–Crippen MR) is 61.0 cm³/mol. The minimum Gasteiger partial charge on any atom is -0.379 e. The van der Waals surface area contributed by atoms with Crippen LogP contribution >= 0.6 is 0 Å². The molecular weight excluding hydrogens is 206 g/mol. The van der Waals surface area contributed by atoms with Gasteiger partial charge in [-0.25, -0.2) is 0 Å². The third kappa shape index (κ3) is 2.72. The Hall–Kier alpha value is -0.650. The Kier molecular flexibility index (Phi) is 3.78. The SMILES string of the molecule is NC1(C(=O)NCCN2CCCC2)CCOC1. The maximum atomic E-state index is 11.8. The summed E-state index contributed by atoms with van der Waals surface area (Å²) in [6, 6.07) is 0. The normalized spacial score (nSPS) is 30.8. The van der Waals surface area contributed by atoms with Crippen LogP contribution in [0.2, 0.25) is 0 Å². The van der Waals surface area contributed by atoms with Gasteiger partial charge in [-0.2, -0.15) is 0 Å². The van der Waals surface area contributed by atoms with E-state index in [9.17, 15) is 4.79 Å². The number of nitrogens with one attached hydrogen (secondary N) is 1. The molecule has 0 radical (unpaired) electrons. The van der Waals surface area contributed by atoms with Gasteiger partial charge in [0.1, 0.15) is 5.54 Å². The molecule has 2 aliphatic rings. The molecule has 2 saturated heterocycles. The third-order valence-electron chi connectivity index (χ3n) is 3.42. The van der Waals surface area contributed by atoms with Crippen molar-refractivity contribution in [1.82, 2.24) is 10.2 Å². The van der Waals surface area contributed by atoms with Crippen LogP contribution < -0.4 is 11.1 Å². The van der Waals surface area contributed by atoms with E-state index < -0.39 is 5.54 Å². The van der Waals surface area contributed by atoms with Crippen LogP contribution in [0.1, 0.15) is 19.3 Å². The van der Waals surface area contributed by atoms with Crippen molar-refractivity contribution >= 4 is 5.91 Å². The highest BCUT2D eigenvalue weighted by Crippen LogP contribution is 2.15. The van der Waals surface area contributed by atoms with E-state index in [0.717, 1.165) is 19.6 Å². The van der Waals surface area contributed by atoms with E-state index in [1.807, 2.05) is 0 Å². The van der Waals surface area contributed by atoms with E-state index in [0.29, 0.717) is 26.2 Å². The third-order valence-corrected chi connectivity index (χ3v) is 3.42. The minimum atomic E-state index is -0.787. The monoisotopic (exact) mass is 227 g/mol. The van der Waals surface area contributed by atoms with Crippen LogP contribution in [0.4, 0.5) is 0 Å². The Morgan fingerprint density at radius 3 is 2.81 bits per heavy atom. The molecule has 0 aromatic rings. The molecule has 0 spiro atoms. The van der Waals surface area contributed by atoms with Gasteiger partial charge in [0.15, 0.2) is 0 Å². The van der Waals surface area contributed by atoms with Crippen molar-refractivity contribution < 1.29 is 9.53 Å². The largest absolute Gasteiger partial charge is 0.379 e. The molecule has 0 bridgehead atoms. The Labute approximate surface area is 96.3 Å². The fourth-order valence-corrected chi connectivity index (χ4v) is 2.27. The second-order valence-corrected chi connectivity index (χ2v) is 4.76. The minimum absolute atomic E-state index is 0.0656. The van der Waals surface area contributed by atoms with Crippen LogP contribution in [0.15, 0.2) is 0 Å². The van der Waals surface area contributed by atoms with Crippen molar-refractivity contribution in [3.63, 3.8) is 0 Å². The number of nitrogens with two attached hydrogens (primary N) is 1. The zero-order chi connectivity index (χ0) is 11.4. The molecule has 3 N–H and O–H groups in total. The lowest BCUT2D eigenvalue weighted by Crippen LogP contribution is -2.55. The standard InChI is InChI=1S/C11H21N3O2/c12-11(3-8-16-9-11)10(15)13-4-7-14-5-1-2-6-14/h1-9,12H2,(H,13,15). The van der Waals surface area contributed by atoms with Crippen LogP contribution in [0, 0.1) is 0 Å². The molecule has 1 unspecified atom stereocenters. The van der Waals surface area contributed by atoms with Gasteiger partial charge in [-0.05, 0) is 32.4 Å². The van der Waals surface area contributed by atoms with Crippen molar-refractivity contribution in [1.29, 1.82) is 0 Å². The highest BCUT2D eigenvalue weighted by atomic mass is 16.5. The van der Waals surface area contributed by atoms with Crippen molar-refractivity contribution in [3.8, 4) is 0 Å². The highest BCUT2D eigenvalue weighted by molar-refractivity contribution is 5.86. The molecule has 0 saturated carbocycles. The molecule has 1 atom stereocenters. The summed E-state index contributed by atoms with van der Waals surface area (Å²) in [4.78, 5) is 14.2. The van der Waals surface area contributed by atoms with Gasteiger partial charge in [-0.3, -0.25) is 4.79 Å². The molecule has 1 amide bonds. The first-order valence-electron chi connectivity index (χ1n) is 6.08. The van der Waals surface area contributed by atoms with Gasteiger partial charge in [-0.15, -0.1) is 0 Å². The number of carbonyl (C=O) groups is 1. The second-order valence-electron chi connectivity index (χ2n) is 4.76. The molecule has 0 aliphatic carbocycles. The van der Waals surface area contributed by atoms with Crippen LogP contribution in [-0.2, 0) is 9.53 Å². The van der Waals surface area contributed by atoms with Crippen LogP contribution in [-0.4, -0.2) is 55.7 Å². The molecule has 0 aromatic heterocycles. The Bertz CT molecular complexity index is 246. The number of hydrogen-bond donors (Lipinski definition) is 2. The zero-order valence-electron chi connectivity index (χ0n) is 9.71. The number of ether oxygens (including phenoxy) is 1. The maximum Gasteiger partial charge on any atom is 0.242 e. The summed E-state index contributed by atoms with van der Waals surface area (Å²) in [6.07, 6.45) is 3.19. The average molecular weight is 227 g/mol. The van der Waals surface area contributed by atoms with E-state index in [1.165, 1.54) is 12.8 Å². The van der Waals surface area contributed by atoms with Gasteiger partial charge in [-0.1, -0.05) is 0 Å². The molecule has 2 aliphatic heterocycles. The van der Waals surface area contributed by atoms with Gasteiger partial charge in [0.05, 0.1) is 6.61 Å². The number of amides is 1. The fraction of sp³-hybridized carbons (Fsp3) is 0.909. The predicted octanol–water partition coefficient (Wildman–Crippen LogP) is -0.684. The van der Waals surface area contributed by atoms with E-state index in [1.54, 1.807) is 0 Å². The molecule has 0 aromatic carbocycles. The number of hydrogen-bond acceptors (Lipinski definition) is 4. The van der Waals surface area contributed by atoms with Gasteiger partial charge >= 0.3 is 0 Å². The molecule has 92 valence electrons. The second kappa shape index (κ2) is 5.12. The van der Waals surface area contributed by atoms with Gasteiger partial charge in [0, 0.05) is 19.7 Å². The molecule has 2 heterocycles. The topological polar surface area (TPSA) is 67.6 Å². The highest BCUT2D eigenvalue weighted by Gasteiger charge is 2.37. The molecule has 2 fully saturated rings. The first kappa shape index (κ1) is 11.8. The Balaban J connectivity index is 1.67. The molecule has 2 rings (SSSR count). The first-order chi connectivity index (χ1) is 7.71. The summed E-state index contributed by atoms with van der Waals surface area (Å²) in [5.41, 5.74) is 5.16. The van der Waals surface area contributed by atoms with Gasteiger partial charge in [0.2, 0.25) is 5.91 Å². The number of rotatable bonds is 4. The summed E-state index contributed by atoms with van der Waals surface area (Å²) in [7, 11) is 0.